The largest absolute Gasteiger partial charge is 0.444 e. The van der Waals surface area contributed by atoms with Crippen molar-refractivity contribution in [2.75, 3.05) is 6.26 Å². The van der Waals surface area contributed by atoms with E-state index in [1.165, 1.54) is 29.2 Å². The minimum atomic E-state index is -3.60. The Morgan fingerprint density at radius 2 is 1.87 bits per heavy atom. The Labute approximate surface area is 226 Å². The second-order valence-corrected chi connectivity index (χ2v) is 13.2. The van der Waals surface area contributed by atoms with Crippen LogP contribution in [0.4, 0.5) is 13.6 Å². The van der Waals surface area contributed by atoms with Gasteiger partial charge in [0.25, 0.3) is 0 Å². The molecular weight excluding hydrogens is 528 g/mol. The molecule has 2 fully saturated rings. The number of carbonyl (C=O) groups excluding carboxylic acids is 2. The molecule has 1 heterocycles. The quantitative estimate of drug-likeness (QED) is 0.562. The predicted molar refractivity (Wildman–Crippen MR) is 139 cm³/mol. The first-order valence-corrected chi connectivity index (χ1v) is 14.6. The average molecular weight is 560 g/mol. The number of ether oxygens (including phenoxy) is 1. The van der Waals surface area contributed by atoms with Gasteiger partial charge in [0.05, 0.1) is 11.0 Å². The first-order chi connectivity index (χ1) is 18.2. The van der Waals surface area contributed by atoms with Gasteiger partial charge in [0.2, 0.25) is 5.91 Å². The molecule has 1 saturated carbocycles. The molecule has 2 aliphatic rings. The number of hydrogen-bond donors (Lipinski definition) is 1. The Kier molecular flexibility index (Phi) is 7.72. The molecule has 4 rings (SSSR count). The van der Waals surface area contributed by atoms with Crippen molar-refractivity contribution in [2.24, 2.45) is 5.92 Å². The molecule has 1 N–H and O–H groups in total. The summed E-state index contributed by atoms with van der Waals surface area (Å²) in [6.07, 6.45) is 2.51. The number of fused-ring (bicyclic) bond motifs is 2. The normalized spacial score (nSPS) is 21.4. The number of nitrogens with zero attached hydrogens (tertiary/aromatic N) is 2. The van der Waals surface area contributed by atoms with Gasteiger partial charge in [-0.1, -0.05) is 18.2 Å². The average Bonchev–Trinajstić information content (AvgIpc) is 3.45. The highest BCUT2D eigenvalue weighted by atomic mass is 32.2. The molecule has 4 atom stereocenters. The van der Waals surface area contributed by atoms with Gasteiger partial charge < -0.3 is 10.1 Å². The second-order valence-electron chi connectivity index (χ2n) is 11.2. The lowest BCUT2D eigenvalue weighted by atomic mass is 9.97. The molecule has 2 amide bonds. The Morgan fingerprint density at radius 3 is 2.46 bits per heavy atom. The van der Waals surface area contributed by atoms with Crippen molar-refractivity contribution in [3.8, 4) is 17.2 Å². The second kappa shape index (κ2) is 10.6. The SMILES string of the molecule is CC(C)(C)OC(=O)N1[C@@H]2CC[C@@H](C2)[C@H]1C(=O)N[C@H](C#N)Cc1ccc(-c2ccc(S(C)(=O)=O)cc2F)cc1F. The summed E-state index contributed by atoms with van der Waals surface area (Å²) in [5, 5.41) is 12.4. The predicted octanol–water partition coefficient (Wildman–Crippen LogP) is 4.37. The standard InChI is InChI=1S/C28H31F2N3O5S/c1-28(2,3)38-27(35)33-20-8-7-18(12-20)25(33)26(34)32-19(15-31)11-17-6-5-16(13-23(17)29)22-10-9-21(14-24(22)30)39(4,36)37/h5-6,9-10,13-14,18-20,25H,7-8,11-12H2,1-4H3,(H,32,34)/t18-,19-,20+,25-/m0/s1. The minimum absolute atomic E-state index is 0.0245. The molecule has 2 aromatic rings. The summed E-state index contributed by atoms with van der Waals surface area (Å²) in [4.78, 5) is 27.4. The number of hydrogen-bond acceptors (Lipinski definition) is 6. The number of piperidine rings is 1. The first-order valence-electron chi connectivity index (χ1n) is 12.7. The molecule has 208 valence electrons. The summed E-state index contributed by atoms with van der Waals surface area (Å²) in [7, 11) is -3.60. The van der Waals surface area contributed by atoms with Crippen molar-refractivity contribution in [1.29, 1.82) is 5.26 Å². The summed E-state index contributed by atoms with van der Waals surface area (Å²) >= 11 is 0. The van der Waals surface area contributed by atoms with E-state index in [0.29, 0.717) is 6.42 Å². The van der Waals surface area contributed by atoms with E-state index in [1.807, 2.05) is 6.07 Å². The van der Waals surface area contributed by atoms with Crippen LogP contribution < -0.4 is 5.32 Å². The molecule has 1 aliphatic carbocycles. The Hall–Kier alpha value is -3.52. The van der Waals surface area contributed by atoms with E-state index in [9.17, 15) is 27.7 Å². The fourth-order valence-electron chi connectivity index (χ4n) is 5.35. The van der Waals surface area contributed by atoms with Crippen LogP contribution in [0.15, 0.2) is 41.3 Å². The van der Waals surface area contributed by atoms with Crippen molar-refractivity contribution in [3.05, 3.63) is 53.6 Å². The van der Waals surface area contributed by atoms with E-state index in [-0.39, 0.29) is 40.0 Å². The van der Waals surface area contributed by atoms with Crippen molar-refractivity contribution in [2.45, 2.75) is 75.1 Å². The molecule has 39 heavy (non-hydrogen) atoms. The van der Waals surface area contributed by atoms with Crippen LogP contribution in [0.25, 0.3) is 11.1 Å². The molecule has 2 aromatic carbocycles. The third-order valence-corrected chi connectivity index (χ3v) is 8.20. The Balaban J connectivity index is 1.48. The summed E-state index contributed by atoms with van der Waals surface area (Å²) in [6.45, 7) is 5.25. The minimum Gasteiger partial charge on any atom is -0.444 e. The molecular formula is C28H31F2N3O5S. The molecule has 1 saturated heterocycles. The molecule has 2 bridgehead atoms. The molecule has 0 aromatic heterocycles. The fraction of sp³-hybridized carbons (Fsp3) is 0.464. The maximum Gasteiger partial charge on any atom is 0.411 e. The van der Waals surface area contributed by atoms with Gasteiger partial charge in [-0.05, 0) is 75.3 Å². The number of sulfone groups is 1. The van der Waals surface area contributed by atoms with Gasteiger partial charge in [0, 0.05) is 24.3 Å². The maximum atomic E-state index is 15.0. The zero-order valence-electron chi connectivity index (χ0n) is 22.2. The molecule has 0 spiro atoms. The van der Waals surface area contributed by atoms with E-state index >= 15 is 4.39 Å². The highest BCUT2D eigenvalue weighted by Crippen LogP contribution is 2.43. The zero-order chi connectivity index (χ0) is 28.7. The van der Waals surface area contributed by atoms with Gasteiger partial charge in [-0.25, -0.2) is 22.0 Å². The van der Waals surface area contributed by atoms with Crippen molar-refractivity contribution in [3.63, 3.8) is 0 Å². The Bertz CT molecular complexity index is 1450. The zero-order valence-corrected chi connectivity index (χ0v) is 23.0. The molecule has 8 nitrogen and oxygen atoms in total. The Morgan fingerprint density at radius 1 is 1.15 bits per heavy atom. The van der Waals surface area contributed by atoms with Crippen LogP contribution in [0.3, 0.4) is 0 Å². The topological polar surface area (TPSA) is 117 Å². The lowest BCUT2D eigenvalue weighted by Gasteiger charge is -2.35. The smallest absolute Gasteiger partial charge is 0.411 e. The summed E-state index contributed by atoms with van der Waals surface area (Å²) in [5.41, 5.74) is -0.370. The highest BCUT2D eigenvalue weighted by Gasteiger charge is 2.52. The van der Waals surface area contributed by atoms with Crippen LogP contribution >= 0.6 is 0 Å². The number of benzene rings is 2. The van der Waals surface area contributed by atoms with Gasteiger partial charge in [-0.3, -0.25) is 9.69 Å². The maximum absolute atomic E-state index is 15.0. The third kappa shape index (κ3) is 6.22. The lowest BCUT2D eigenvalue weighted by molar-refractivity contribution is -0.128. The first kappa shape index (κ1) is 28.5. The van der Waals surface area contributed by atoms with Gasteiger partial charge in [0.15, 0.2) is 9.84 Å². The van der Waals surface area contributed by atoms with Gasteiger partial charge in [0.1, 0.15) is 29.3 Å². The fourth-order valence-corrected chi connectivity index (χ4v) is 5.98. The summed E-state index contributed by atoms with van der Waals surface area (Å²) < 4.78 is 58.4. The van der Waals surface area contributed by atoms with Crippen LogP contribution in [0, 0.1) is 28.9 Å². The number of nitriles is 1. The lowest BCUT2D eigenvalue weighted by Crippen LogP contribution is -2.55. The van der Waals surface area contributed by atoms with Crippen LogP contribution in [0.5, 0.6) is 0 Å². The van der Waals surface area contributed by atoms with E-state index in [4.69, 9.17) is 4.74 Å². The number of nitrogens with one attached hydrogen (secondary N) is 1. The van der Waals surface area contributed by atoms with Crippen molar-refractivity contribution in [1.82, 2.24) is 10.2 Å². The van der Waals surface area contributed by atoms with Gasteiger partial charge in [-0.15, -0.1) is 0 Å². The van der Waals surface area contributed by atoms with E-state index in [1.54, 1.807) is 20.8 Å². The molecule has 0 unspecified atom stereocenters. The van der Waals surface area contributed by atoms with Crippen LogP contribution in [0.2, 0.25) is 0 Å². The van der Waals surface area contributed by atoms with E-state index in [0.717, 1.165) is 31.2 Å². The van der Waals surface area contributed by atoms with Crippen molar-refractivity contribution >= 4 is 21.8 Å². The summed E-state index contributed by atoms with van der Waals surface area (Å²) in [5.74, 6) is -2.04. The third-order valence-electron chi connectivity index (χ3n) is 7.09. The van der Waals surface area contributed by atoms with Crippen LogP contribution in [-0.4, -0.2) is 55.3 Å². The van der Waals surface area contributed by atoms with Crippen LogP contribution in [-0.2, 0) is 25.8 Å². The monoisotopic (exact) mass is 559 g/mol. The van der Waals surface area contributed by atoms with E-state index in [2.05, 4.69) is 5.32 Å². The number of rotatable bonds is 6. The molecule has 1 aliphatic heterocycles. The number of carbonyl (C=O) groups is 2. The molecule has 11 heteroatoms. The number of halogens is 2. The van der Waals surface area contributed by atoms with E-state index < -0.39 is 51.2 Å². The van der Waals surface area contributed by atoms with Gasteiger partial charge in [-0.2, -0.15) is 5.26 Å². The van der Waals surface area contributed by atoms with Crippen molar-refractivity contribution < 1.29 is 31.5 Å². The van der Waals surface area contributed by atoms with Gasteiger partial charge >= 0.3 is 6.09 Å². The highest BCUT2D eigenvalue weighted by molar-refractivity contribution is 7.90. The number of likely N-dealkylation sites (tertiary alicyclic amines) is 1. The number of amides is 2. The summed E-state index contributed by atoms with van der Waals surface area (Å²) in [6, 6.07) is 7.42. The van der Waals surface area contributed by atoms with Crippen LogP contribution in [0.1, 0.15) is 45.6 Å². The molecule has 0 radical (unpaired) electrons.